The molecule has 1 saturated carbocycles. The van der Waals surface area contributed by atoms with Gasteiger partial charge in [-0.05, 0) is 31.9 Å². The number of hydrogen-bond acceptors (Lipinski definition) is 4. The van der Waals surface area contributed by atoms with Crippen LogP contribution in [0.3, 0.4) is 0 Å². The first-order valence-corrected chi connectivity index (χ1v) is 6.15. The zero-order chi connectivity index (χ0) is 13.3. The van der Waals surface area contributed by atoms with Gasteiger partial charge >= 0.3 is 0 Å². The average Bonchev–Trinajstić information content (AvgIpc) is 3.18. The monoisotopic (exact) mass is 251 g/mol. The minimum atomic E-state index is -0.0365. The van der Waals surface area contributed by atoms with E-state index in [1.54, 1.807) is 21.3 Å². The van der Waals surface area contributed by atoms with Crippen molar-refractivity contribution in [3.05, 3.63) is 17.7 Å². The fraction of sp³-hybridized carbons (Fsp3) is 0.571. The molecule has 4 nitrogen and oxygen atoms in total. The predicted octanol–water partition coefficient (Wildman–Crippen LogP) is 2.09. The molecular formula is C14H21NO3. The zero-order valence-electron chi connectivity index (χ0n) is 11.4. The molecule has 4 heteroatoms. The number of nitrogens with two attached hydrogens (primary N) is 1. The van der Waals surface area contributed by atoms with Crippen molar-refractivity contribution in [1.29, 1.82) is 0 Å². The molecule has 0 spiro atoms. The molecule has 2 rings (SSSR count). The highest BCUT2D eigenvalue weighted by atomic mass is 16.5. The molecule has 1 fully saturated rings. The highest BCUT2D eigenvalue weighted by molar-refractivity contribution is 5.60. The van der Waals surface area contributed by atoms with Crippen LogP contribution in [0.15, 0.2) is 12.1 Å². The topological polar surface area (TPSA) is 53.7 Å². The van der Waals surface area contributed by atoms with Gasteiger partial charge in [-0.25, -0.2) is 0 Å². The van der Waals surface area contributed by atoms with E-state index in [0.717, 1.165) is 35.7 Å². The third-order valence-electron chi connectivity index (χ3n) is 3.89. The van der Waals surface area contributed by atoms with Crippen LogP contribution in [-0.2, 0) is 5.41 Å². The molecule has 0 bridgehead atoms. The number of hydrogen-bond donors (Lipinski definition) is 1. The summed E-state index contributed by atoms with van der Waals surface area (Å²) in [4.78, 5) is 0. The number of rotatable bonds is 5. The highest BCUT2D eigenvalue weighted by Gasteiger charge is 2.51. The van der Waals surface area contributed by atoms with E-state index in [9.17, 15) is 0 Å². The lowest BCUT2D eigenvalue weighted by molar-refractivity contribution is 0.335. The van der Waals surface area contributed by atoms with Crippen LogP contribution in [0.5, 0.6) is 17.2 Å². The zero-order valence-corrected chi connectivity index (χ0v) is 11.4. The minimum Gasteiger partial charge on any atom is -0.496 e. The summed E-state index contributed by atoms with van der Waals surface area (Å²) in [5.41, 5.74) is 7.16. The van der Waals surface area contributed by atoms with Crippen molar-refractivity contribution in [3.63, 3.8) is 0 Å². The van der Waals surface area contributed by atoms with Crippen LogP contribution >= 0.6 is 0 Å². The maximum absolute atomic E-state index is 6.15. The highest BCUT2D eigenvalue weighted by Crippen LogP contribution is 2.58. The molecule has 0 aliphatic heterocycles. The molecule has 1 unspecified atom stereocenters. The maximum atomic E-state index is 6.15. The smallest absolute Gasteiger partial charge is 0.168 e. The molecule has 0 aromatic heterocycles. The van der Waals surface area contributed by atoms with Crippen molar-refractivity contribution in [1.82, 2.24) is 0 Å². The summed E-state index contributed by atoms with van der Waals surface area (Å²) < 4.78 is 16.4. The largest absolute Gasteiger partial charge is 0.496 e. The summed E-state index contributed by atoms with van der Waals surface area (Å²) in [6, 6.07) is 3.84. The van der Waals surface area contributed by atoms with E-state index in [1.807, 2.05) is 19.1 Å². The van der Waals surface area contributed by atoms with Crippen molar-refractivity contribution in [2.75, 3.05) is 21.3 Å². The predicted molar refractivity (Wildman–Crippen MR) is 70.7 cm³/mol. The molecule has 1 aliphatic rings. The summed E-state index contributed by atoms with van der Waals surface area (Å²) in [6.45, 7) is 2.03. The van der Waals surface area contributed by atoms with Gasteiger partial charge in [-0.3, -0.25) is 0 Å². The second-order valence-corrected chi connectivity index (χ2v) is 4.82. The molecule has 1 aromatic rings. The van der Waals surface area contributed by atoms with E-state index in [2.05, 4.69) is 0 Å². The van der Waals surface area contributed by atoms with Crippen LogP contribution < -0.4 is 19.9 Å². The van der Waals surface area contributed by atoms with E-state index in [1.165, 1.54) is 0 Å². The van der Waals surface area contributed by atoms with Gasteiger partial charge in [0.15, 0.2) is 11.5 Å². The Kier molecular flexibility index (Phi) is 3.39. The van der Waals surface area contributed by atoms with Crippen molar-refractivity contribution >= 4 is 0 Å². The van der Waals surface area contributed by atoms with Crippen molar-refractivity contribution in [3.8, 4) is 17.2 Å². The molecule has 0 saturated heterocycles. The Balaban J connectivity index is 2.62. The van der Waals surface area contributed by atoms with Crippen LogP contribution in [0, 0.1) is 0 Å². The first kappa shape index (κ1) is 13.0. The quantitative estimate of drug-likeness (QED) is 0.870. The Morgan fingerprint density at radius 1 is 1.06 bits per heavy atom. The second kappa shape index (κ2) is 4.69. The van der Waals surface area contributed by atoms with Crippen molar-refractivity contribution in [2.45, 2.75) is 31.2 Å². The maximum Gasteiger partial charge on any atom is 0.168 e. The Labute approximate surface area is 108 Å². The van der Waals surface area contributed by atoms with Crippen molar-refractivity contribution < 1.29 is 14.2 Å². The first-order valence-electron chi connectivity index (χ1n) is 6.15. The van der Waals surface area contributed by atoms with Gasteiger partial charge in [-0.1, -0.05) is 0 Å². The van der Waals surface area contributed by atoms with Crippen molar-refractivity contribution in [2.24, 2.45) is 5.73 Å². The summed E-state index contributed by atoms with van der Waals surface area (Å²) in [6.07, 6.45) is 2.12. The summed E-state index contributed by atoms with van der Waals surface area (Å²) in [5, 5.41) is 0. The van der Waals surface area contributed by atoms with E-state index >= 15 is 0 Å². The fourth-order valence-electron chi connectivity index (χ4n) is 2.62. The second-order valence-electron chi connectivity index (χ2n) is 4.82. The lowest BCUT2D eigenvalue weighted by Crippen LogP contribution is -2.32. The lowest BCUT2D eigenvalue weighted by atomic mass is 9.87. The Bertz CT molecular complexity index is 439. The Morgan fingerprint density at radius 3 is 2.00 bits per heavy atom. The van der Waals surface area contributed by atoms with E-state index < -0.39 is 0 Å². The van der Waals surface area contributed by atoms with Gasteiger partial charge in [-0.2, -0.15) is 0 Å². The van der Waals surface area contributed by atoms with Crippen LogP contribution in [0.4, 0.5) is 0 Å². The molecule has 0 amide bonds. The summed E-state index contributed by atoms with van der Waals surface area (Å²) in [5.74, 6) is 2.29. The molecule has 1 atom stereocenters. The molecule has 0 heterocycles. The normalized spacial score (nSPS) is 18.1. The lowest BCUT2D eigenvalue weighted by Gasteiger charge is -2.25. The van der Waals surface area contributed by atoms with Gasteiger partial charge in [0.25, 0.3) is 0 Å². The fourth-order valence-corrected chi connectivity index (χ4v) is 2.62. The molecule has 1 aliphatic carbocycles. The molecule has 1 aromatic carbocycles. The Hall–Kier alpha value is -1.42. The van der Waals surface area contributed by atoms with E-state index in [0.29, 0.717) is 0 Å². The van der Waals surface area contributed by atoms with Gasteiger partial charge in [0.2, 0.25) is 0 Å². The first-order chi connectivity index (χ1) is 8.60. The van der Waals surface area contributed by atoms with Gasteiger partial charge in [0.05, 0.1) is 21.3 Å². The van der Waals surface area contributed by atoms with Gasteiger partial charge in [0, 0.05) is 17.0 Å². The molecule has 0 radical (unpaired) electrons. The van der Waals surface area contributed by atoms with E-state index in [4.69, 9.17) is 19.9 Å². The van der Waals surface area contributed by atoms with Crippen LogP contribution in [-0.4, -0.2) is 27.4 Å². The third kappa shape index (κ3) is 1.81. The summed E-state index contributed by atoms with van der Waals surface area (Å²) in [7, 11) is 4.96. The van der Waals surface area contributed by atoms with Crippen LogP contribution in [0.25, 0.3) is 0 Å². The SMILES string of the molecule is COc1ccc(OC)c(C2(C(C)N)CC2)c1OC. The average molecular weight is 251 g/mol. The van der Waals surface area contributed by atoms with Crippen LogP contribution in [0.1, 0.15) is 25.3 Å². The van der Waals surface area contributed by atoms with Gasteiger partial charge < -0.3 is 19.9 Å². The molecule has 18 heavy (non-hydrogen) atoms. The van der Waals surface area contributed by atoms with Gasteiger partial charge in [-0.15, -0.1) is 0 Å². The molecular weight excluding hydrogens is 230 g/mol. The molecule has 2 N–H and O–H groups in total. The third-order valence-corrected chi connectivity index (χ3v) is 3.89. The van der Waals surface area contributed by atoms with E-state index in [-0.39, 0.29) is 11.5 Å². The van der Waals surface area contributed by atoms with Gasteiger partial charge in [0.1, 0.15) is 5.75 Å². The standard InChI is InChI=1S/C14H21NO3/c1-9(15)14(7-8-14)12-10(16-2)5-6-11(17-3)13(12)18-4/h5-6,9H,7-8,15H2,1-4H3. The Morgan fingerprint density at radius 2 is 1.61 bits per heavy atom. The molecule has 100 valence electrons. The van der Waals surface area contributed by atoms with Crippen LogP contribution in [0.2, 0.25) is 0 Å². The number of ether oxygens (including phenoxy) is 3. The minimum absolute atomic E-state index is 0.0365. The summed E-state index contributed by atoms with van der Waals surface area (Å²) >= 11 is 0. The number of benzene rings is 1. The number of methoxy groups -OCH3 is 3.